The van der Waals surface area contributed by atoms with Crippen molar-refractivity contribution < 1.29 is 14.2 Å². The normalized spacial score (nSPS) is 17.0. The fourth-order valence-electron chi connectivity index (χ4n) is 2.91. The van der Waals surface area contributed by atoms with E-state index in [1.165, 1.54) is 5.56 Å². The lowest BCUT2D eigenvalue weighted by Crippen LogP contribution is -2.53. The zero-order chi connectivity index (χ0) is 16.4. The van der Waals surface area contributed by atoms with Gasteiger partial charge in [0.2, 0.25) is 0 Å². The van der Waals surface area contributed by atoms with Crippen LogP contribution < -0.4 is 14.2 Å². The Morgan fingerprint density at radius 1 is 1.17 bits per heavy atom. The maximum atomic E-state index is 8.86. The zero-order valence-electron chi connectivity index (χ0n) is 13.1. The van der Waals surface area contributed by atoms with E-state index in [9.17, 15) is 0 Å². The summed E-state index contributed by atoms with van der Waals surface area (Å²) in [5.41, 5.74) is 1.58. The molecule has 122 valence electrons. The Morgan fingerprint density at radius 3 is 2.83 bits per heavy atom. The number of ether oxygens (including phenoxy) is 3. The standard InChI is InChI=1S/C18H17N3O3/c19-9-14-8-15(3-4-20-14)24-16-11-21(12-16)10-13-1-2-17-18(7-13)23-6-5-22-17/h1-4,7-8,16H,5-6,10-12H2. The molecular weight excluding hydrogens is 306 g/mol. The summed E-state index contributed by atoms with van der Waals surface area (Å²) >= 11 is 0. The summed E-state index contributed by atoms with van der Waals surface area (Å²) < 4.78 is 17.0. The molecule has 0 radical (unpaired) electrons. The number of fused-ring (bicyclic) bond motifs is 1. The first kappa shape index (κ1) is 14.8. The van der Waals surface area contributed by atoms with E-state index in [0.29, 0.717) is 24.7 Å². The average molecular weight is 323 g/mol. The highest BCUT2D eigenvalue weighted by Gasteiger charge is 2.28. The third kappa shape index (κ3) is 3.12. The van der Waals surface area contributed by atoms with Crippen molar-refractivity contribution in [2.45, 2.75) is 12.6 Å². The number of aromatic nitrogens is 1. The van der Waals surface area contributed by atoms with Gasteiger partial charge in [0.25, 0.3) is 0 Å². The van der Waals surface area contributed by atoms with Gasteiger partial charge in [-0.05, 0) is 23.8 Å². The van der Waals surface area contributed by atoms with Gasteiger partial charge in [-0.1, -0.05) is 6.07 Å². The van der Waals surface area contributed by atoms with Crippen molar-refractivity contribution in [1.82, 2.24) is 9.88 Å². The predicted molar refractivity (Wildman–Crippen MR) is 86.1 cm³/mol. The number of nitriles is 1. The Bertz CT molecular complexity index is 781. The van der Waals surface area contributed by atoms with Crippen LogP contribution in [0.1, 0.15) is 11.3 Å². The smallest absolute Gasteiger partial charge is 0.161 e. The monoisotopic (exact) mass is 323 g/mol. The molecule has 0 aliphatic carbocycles. The summed E-state index contributed by atoms with van der Waals surface area (Å²) in [7, 11) is 0. The van der Waals surface area contributed by atoms with Crippen LogP contribution >= 0.6 is 0 Å². The maximum absolute atomic E-state index is 8.86. The second kappa shape index (κ2) is 6.38. The van der Waals surface area contributed by atoms with Gasteiger partial charge in [-0.15, -0.1) is 0 Å². The van der Waals surface area contributed by atoms with Crippen molar-refractivity contribution in [3.05, 3.63) is 47.8 Å². The lowest BCUT2D eigenvalue weighted by atomic mass is 10.1. The Morgan fingerprint density at radius 2 is 2.00 bits per heavy atom. The summed E-state index contributed by atoms with van der Waals surface area (Å²) in [5.74, 6) is 2.35. The van der Waals surface area contributed by atoms with Crippen LogP contribution in [-0.2, 0) is 6.54 Å². The first-order valence-electron chi connectivity index (χ1n) is 7.94. The van der Waals surface area contributed by atoms with Crippen LogP contribution in [0.15, 0.2) is 36.5 Å². The fourth-order valence-corrected chi connectivity index (χ4v) is 2.91. The fraction of sp³-hybridized carbons (Fsp3) is 0.333. The third-order valence-electron chi connectivity index (χ3n) is 4.09. The number of pyridine rings is 1. The molecule has 0 bridgehead atoms. The van der Waals surface area contributed by atoms with Crippen molar-refractivity contribution >= 4 is 0 Å². The van der Waals surface area contributed by atoms with E-state index in [2.05, 4.69) is 16.0 Å². The van der Waals surface area contributed by atoms with Crippen molar-refractivity contribution in [2.24, 2.45) is 0 Å². The minimum absolute atomic E-state index is 0.149. The Hall–Kier alpha value is -2.78. The molecule has 0 unspecified atom stereocenters. The number of hydrogen-bond donors (Lipinski definition) is 0. The Labute approximate surface area is 140 Å². The van der Waals surface area contributed by atoms with Crippen molar-refractivity contribution in [2.75, 3.05) is 26.3 Å². The Balaban J connectivity index is 1.31. The maximum Gasteiger partial charge on any atom is 0.161 e. The van der Waals surface area contributed by atoms with Crippen molar-refractivity contribution in [3.63, 3.8) is 0 Å². The van der Waals surface area contributed by atoms with Crippen LogP contribution in [0.3, 0.4) is 0 Å². The number of benzene rings is 1. The molecule has 1 aromatic heterocycles. The molecule has 0 atom stereocenters. The molecular formula is C18H17N3O3. The SMILES string of the molecule is N#Cc1cc(OC2CN(Cc3ccc4c(c3)OCCO4)C2)ccn1. The number of likely N-dealkylation sites (tertiary alicyclic amines) is 1. The molecule has 1 fully saturated rings. The van der Waals surface area contributed by atoms with E-state index in [-0.39, 0.29) is 6.10 Å². The van der Waals surface area contributed by atoms with Gasteiger partial charge in [-0.25, -0.2) is 4.98 Å². The Kier molecular flexibility index (Phi) is 3.93. The number of hydrogen-bond acceptors (Lipinski definition) is 6. The summed E-state index contributed by atoms with van der Waals surface area (Å²) in [6.07, 6.45) is 1.75. The van der Waals surface area contributed by atoms with Gasteiger partial charge < -0.3 is 14.2 Å². The summed E-state index contributed by atoms with van der Waals surface area (Å²) in [6, 6.07) is 11.6. The highest BCUT2D eigenvalue weighted by Crippen LogP contribution is 2.31. The topological polar surface area (TPSA) is 67.6 Å². The molecule has 2 aromatic rings. The minimum Gasteiger partial charge on any atom is -0.488 e. The van der Waals surface area contributed by atoms with E-state index in [1.54, 1.807) is 18.3 Å². The van der Waals surface area contributed by atoms with Crippen LogP contribution in [0.25, 0.3) is 0 Å². The van der Waals surface area contributed by atoms with Gasteiger partial charge >= 0.3 is 0 Å². The van der Waals surface area contributed by atoms with Crippen molar-refractivity contribution in [1.29, 1.82) is 5.26 Å². The van der Waals surface area contributed by atoms with Crippen LogP contribution in [0, 0.1) is 11.3 Å². The largest absolute Gasteiger partial charge is 0.488 e. The van der Waals surface area contributed by atoms with E-state index in [1.807, 2.05) is 18.2 Å². The van der Waals surface area contributed by atoms with Crippen LogP contribution in [0.2, 0.25) is 0 Å². The molecule has 2 aliphatic rings. The molecule has 0 amide bonds. The van der Waals surface area contributed by atoms with E-state index >= 15 is 0 Å². The van der Waals surface area contributed by atoms with Gasteiger partial charge in [0.05, 0.1) is 0 Å². The second-order valence-corrected chi connectivity index (χ2v) is 5.90. The molecule has 0 N–H and O–H groups in total. The van der Waals surface area contributed by atoms with Gasteiger partial charge in [0, 0.05) is 31.9 Å². The van der Waals surface area contributed by atoms with Crippen molar-refractivity contribution in [3.8, 4) is 23.3 Å². The molecule has 2 aliphatic heterocycles. The van der Waals surface area contributed by atoms with E-state index in [4.69, 9.17) is 19.5 Å². The summed E-state index contributed by atoms with van der Waals surface area (Å²) in [5, 5.41) is 8.86. The number of rotatable bonds is 4. The predicted octanol–water partition coefficient (Wildman–Crippen LogP) is 1.99. The molecule has 24 heavy (non-hydrogen) atoms. The average Bonchev–Trinajstić information content (AvgIpc) is 2.60. The lowest BCUT2D eigenvalue weighted by Gasteiger charge is -2.39. The van der Waals surface area contributed by atoms with Gasteiger partial charge in [0.1, 0.15) is 36.8 Å². The van der Waals surface area contributed by atoms with Gasteiger partial charge in [-0.3, -0.25) is 4.90 Å². The van der Waals surface area contributed by atoms with Gasteiger partial charge in [-0.2, -0.15) is 5.26 Å². The molecule has 0 saturated carbocycles. The minimum atomic E-state index is 0.149. The molecule has 6 nitrogen and oxygen atoms in total. The zero-order valence-corrected chi connectivity index (χ0v) is 13.1. The molecule has 4 rings (SSSR count). The first-order valence-corrected chi connectivity index (χ1v) is 7.94. The molecule has 0 spiro atoms. The van der Waals surface area contributed by atoms with E-state index < -0.39 is 0 Å². The molecule has 1 aromatic carbocycles. The van der Waals surface area contributed by atoms with E-state index in [0.717, 1.165) is 31.1 Å². The molecule has 6 heteroatoms. The van der Waals surface area contributed by atoms with Crippen LogP contribution in [0.5, 0.6) is 17.2 Å². The van der Waals surface area contributed by atoms with Gasteiger partial charge in [0.15, 0.2) is 11.5 Å². The highest BCUT2D eigenvalue weighted by molar-refractivity contribution is 5.43. The van der Waals surface area contributed by atoms with Crippen LogP contribution in [0.4, 0.5) is 0 Å². The summed E-state index contributed by atoms with van der Waals surface area (Å²) in [6.45, 7) is 3.79. The quantitative estimate of drug-likeness (QED) is 0.857. The highest BCUT2D eigenvalue weighted by atomic mass is 16.6. The third-order valence-corrected chi connectivity index (χ3v) is 4.09. The molecule has 3 heterocycles. The first-order chi connectivity index (χ1) is 11.8. The lowest BCUT2D eigenvalue weighted by molar-refractivity contribution is 0.0144. The second-order valence-electron chi connectivity index (χ2n) is 5.90. The number of nitrogens with zero attached hydrogens (tertiary/aromatic N) is 3. The summed E-state index contributed by atoms with van der Waals surface area (Å²) in [4.78, 5) is 6.25. The molecule has 1 saturated heterocycles. The van der Waals surface area contributed by atoms with Crippen LogP contribution in [-0.4, -0.2) is 42.3 Å².